The van der Waals surface area contributed by atoms with Gasteiger partial charge in [-0.05, 0) is 68.9 Å². The molecule has 0 radical (unpaired) electrons. The number of carboxylic acids is 1. The van der Waals surface area contributed by atoms with Crippen LogP contribution < -0.4 is 20.3 Å². The van der Waals surface area contributed by atoms with Gasteiger partial charge >= 0.3 is 11.9 Å². The first-order valence-electron chi connectivity index (χ1n) is 19.3. The standard InChI is InChI=1S/C43H45N3O16/c1-21-14-22(2)16-25(15-21)33-32-24(10-12-45-32)18-46(33)62-37-35(51)36(52)38(43(57,20-48)61-40(55)31(39(53)54)42(56,44-3)11-13-47)60-41(37)59-27-8-9-28-30(17-27)58-19-29(34(28)50)23-4-6-26(49)7-5-23/h4-10,12,14-19,31,35-38,41,44-45,47-49,51-52,56-57H,11,13,20H2,1-3H3,(H,53,54)/t31-,35+,36+,37-,38+,41-,42-,43+/m0/s1. The van der Waals surface area contributed by atoms with Gasteiger partial charge in [0.1, 0.15) is 53.6 Å². The van der Waals surface area contributed by atoms with Crippen molar-refractivity contribution in [3.8, 4) is 33.9 Å². The highest BCUT2D eigenvalue weighted by atomic mass is 16.8. The molecule has 1 saturated heterocycles. The zero-order chi connectivity index (χ0) is 44.7. The number of rotatable bonds is 15. The second-order valence-corrected chi connectivity index (χ2v) is 15.1. The highest BCUT2D eigenvalue weighted by Gasteiger charge is 2.59. The van der Waals surface area contributed by atoms with Crippen LogP contribution in [0.3, 0.4) is 0 Å². The van der Waals surface area contributed by atoms with Crippen molar-refractivity contribution in [2.75, 3.05) is 20.3 Å². The Morgan fingerprint density at radius 2 is 1.68 bits per heavy atom. The first-order chi connectivity index (χ1) is 29.5. The van der Waals surface area contributed by atoms with E-state index in [1.165, 1.54) is 41.3 Å². The number of phenolic OH excluding ortho intramolecular Hbond substituents is 1. The Balaban J connectivity index is 1.28. The van der Waals surface area contributed by atoms with Gasteiger partial charge in [-0.2, -0.15) is 4.73 Å². The Labute approximate surface area is 351 Å². The minimum Gasteiger partial charge on any atom is -0.508 e. The maximum absolute atomic E-state index is 13.5. The quantitative estimate of drug-likeness (QED) is 0.0395. The predicted molar refractivity (Wildman–Crippen MR) is 217 cm³/mol. The third-order valence-corrected chi connectivity index (χ3v) is 10.8. The molecule has 1 aliphatic heterocycles. The fraction of sp³-hybridized carbons (Fsp3) is 0.326. The summed E-state index contributed by atoms with van der Waals surface area (Å²) in [6.45, 7) is 1.50. The average Bonchev–Trinajstić information content (AvgIpc) is 3.82. The summed E-state index contributed by atoms with van der Waals surface area (Å²) in [7, 11) is 1.10. The minimum atomic E-state index is -3.32. The van der Waals surface area contributed by atoms with Gasteiger partial charge in [0.15, 0.2) is 17.5 Å². The number of aromatic hydroxyl groups is 1. The van der Waals surface area contributed by atoms with Crippen molar-refractivity contribution in [1.29, 1.82) is 0 Å². The molecular weight excluding hydrogens is 814 g/mol. The second-order valence-electron chi connectivity index (χ2n) is 15.1. The number of aromatic nitrogens is 2. The van der Waals surface area contributed by atoms with E-state index >= 15 is 0 Å². The molecule has 1 aliphatic rings. The molecular formula is C43H45N3O16. The van der Waals surface area contributed by atoms with Gasteiger partial charge in [-0.15, -0.1) is 0 Å². The molecule has 0 amide bonds. The van der Waals surface area contributed by atoms with Crippen molar-refractivity contribution in [2.45, 2.75) is 62.5 Å². The number of carboxylic acid groups (broad SMARTS) is 1. The molecule has 1 fully saturated rings. The Morgan fingerprint density at radius 1 is 0.968 bits per heavy atom. The van der Waals surface area contributed by atoms with Gasteiger partial charge in [-0.25, -0.2) is 0 Å². The van der Waals surface area contributed by atoms with Crippen LogP contribution in [0.5, 0.6) is 11.5 Å². The Morgan fingerprint density at radius 3 is 2.32 bits per heavy atom. The van der Waals surface area contributed by atoms with Crippen LogP contribution in [-0.2, 0) is 19.1 Å². The zero-order valence-corrected chi connectivity index (χ0v) is 33.5. The molecule has 0 spiro atoms. The van der Waals surface area contributed by atoms with Gasteiger partial charge in [0.2, 0.25) is 12.4 Å². The van der Waals surface area contributed by atoms with E-state index in [1.807, 2.05) is 32.0 Å². The maximum Gasteiger partial charge on any atom is 0.327 e. The number of phenols is 1. The summed E-state index contributed by atoms with van der Waals surface area (Å²) in [5, 5.41) is 88.7. The molecule has 10 N–H and O–H groups in total. The molecule has 62 heavy (non-hydrogen) atoms. The van der Waals surface area contributed by atoms with Gasteiger partial charge in [0, 0.05) is 36.2 Å². The lowest BCUT2D eigenvalue weighted by atomic mass is 9.91. The highest BCUT2D eigenvalue weighted by Crippen LogP contribution is 2.36. The number of hydrogen-bond acceptors (Lipinski definition) is 16. The van der Waals surface area contributed by atoms with E-state index in [9.17, 15) is 55.2 Å². The summed E-state index contributed by atoms with van der Waals surface area (Å²) in [6.07, 6.45) is -6.36. The second kappa shape index (κ2) is 17.2. The summed E-state index contributed by atoms with van der Waals surface area (Å²) < 4.78 is 24.5. The molecule has 328 valence electrons. The summed E-state index contributed by atoms with van der Waals surface area (Å²) in [5.41, 5.74) is 1.39. The van der Waals surface area contributed by atoms with Crippen molar-refractivity contribution < 1.29 is 73.9 Å². The maximum atomic E-state index is 13.5. The first kappa shape index (κ1) is 43.8. The molecule has 6 aromatic rings. The molecule has 19 heteroatoms. The molecule has 4 heterocycles. The van der Waals surface area contributed by atoms with Crippen molar-refractivity contribution >= 4 is 33.8 Å². The van der Waals surface area contributed by atoms with Crippen molar-refractivity contribution in [3.63, 3.8) is 0 Å². The fourth-order valence-electron chi connectivity index (χ4n) is 7.66. The van der Waals surface area contributed by atoms with Crippen LogP contribution in [0.25, 0.3) is 44.3 Å². The number of aromatic amines is 1. The Hall–Kier alpha value is -6.29. The number of esters is 1. The van der Waals surface area contributed by atoms with Gasteiger partial charge in [-0.3, -0.25) is 19.7 Å². The number of aliphatic carboxylic acids is 1. The number of nitrogens with zero attached hydrogens (tertiary/aromatic N) is 1. The highest BCUT2D eigenvalue weighted by molar-refractivity contribution is 5.96. The van der Waals surface area contributed by atoms with Crippen LogP contribution in [0.15, 0.2) is 94.6 Å². The molecule has 0 saturated carbocycles. The average molecular weight is 860 g/mol. The summed E-state index contributed by atoms with van der Waals surface area (Å²) >= 11 is 0. The molecule has 3 aromatic heterocycles. The van der Waals surface area contributed by atoms with Crippen LogP contribution in [0.1, 0.15) is 17.5 Å². The van der Waals surface area contributed by atoms with Crippen molar-refractivity contribution in [3.05, 3.63) is 107 Å². The molecule has 0 unspecified atom stereocenters. The third-order valence-electron chi connectivity index (χ3n) is 10.8. The third kappa shape index (κ3) is 8.22. The monoisotopic (exact) mass is 859 g/mol. The zero-order valence-electron chi connectivity index (χ0n) is 33.5. The first-order valence-corrected chi connectivity index (χ1v) is 19.3. The Kier molecular flexibility index (Phi) is 12.2. The molecule has 8 atom stereocenters. The molecule has 7 rings (SSSR count). The van der Waals surface area contributed by atoms with Crippen molar-refractivity contribution in [1.82, 2.24) is 15.0 Å². The lowest BCUT2D eigenvalue weighted by Gasteiger charge is -2.46. The summed E-state index contributed by atoms with van der Waals surface area (Å²) in [4.78, 5) is 48.8. The number of hydrogen-bond donors (Lipinski definition) is 10. The number of fused-ring (bicyclic) bond motifs is 2. The number of nitrogens with one attached hydrogen (secondary N) is 2. The van der Waals surface area contributed by atoms with E-state index < -0.39 is 85.1 Å². The number of aryl methyl sites for hydroxylation is 2. The largest absolute Gasteiger partial charge is 0.508 e. The van der Waals surface area contributed by atoms with Crippen LogP contribution in [-0.4, -0.2) is 125 Å². The number of carbonyl (C=O) groups excluding carboxylic acids is 1. The predicted octanol–water partition coefficient (Wildman–Crippen LogP) is 1.27. The van der Waals surface area contributed by atoms with Gasteiger partial charge < -0.3 is 69.3 Å². The van der Waals surface area contributed by atoms with Crippen LogP contribution in [0.2, 0.25) is 0 Å². The number of carbonyl (C=O) groups is 2. The van der Waals surface area contributed by atoms with E-state index in [4.69, 9.17) is 23.5 Å². The number of ether oxygens (including phenoxy) is 3. The van der Waals surface area contributed by atoms with Crippen LogP contribution in [0.4, 0.5) is 0 Å². The summed E-state index contributed by atoms with van der Waals surface area (Å²) in [6, 6.07) is 17.6. The van der Waals surface area contributed by atoms with E-state index in [2.05, 4.69) is 10.3 Å². The summed E-state index contributed by atoms with van der Waals surface area (Å²) in [5.74, 6) is -9.65. The van der Waals surface area contributed by atoms with E-state index in [0.717, 1.165) is 18.2 Å². The van der Waals surface area contributed by atoms with Gasteiger partial charge in [0.05, 0.1) is 22.7 Å². The number of H-pyrrole nitrogens is 1. The topological polar surface area (TPSA) is 296 Å². The Bertz CT molecular complexity index is 2640. The molecule has 0 aliphatic carbocycles. The fourth-order valence-corrected chi connectivity index (χ4v) is 7.66. The van der Waals surface area contributed by atoms with Crippen molar-refractivity contribution in [2.24, 2.45) is 5.92 Å². The number of aliphatic hydroxyl groups excluding tert-OH is 4. The SMILES string of the molecule is CN[C@](O)(CCO)[C@@H](C(=O)O)C(=O)O[C@](O)(CO)[C@@H]1O[C@H](Oc2ccc3c(=O)c(-c4ccc(O)cc4)coc3c2)[C@@H](On2cc3cc[nH]c3c2-c2cc(C)cc(C)c2)[C@H](O)[C@H]1O. The molecule has 19 nitrogen and oxygen atoms in total. The number of benzene rings is 3. The smallest absolute Gasteiger partial charge is 0.327 e. The molecule has 0 bridgehead atoms. The van der Waals surface area contributed by atoms with E-state index in [1.54, 1.807) is 30.6 Å². The number of aliphatic hydroxyl groups is 6. The van der Waals surface area contributed by atoms with Gasteiger partial charge in [-0.1, -0.05) is 29.3 Å². The van der Waals surface area contributed by atoms with Crippen LogP contribution >= 0.6 is 0 Å². The lowest BCUT2D eigenvalue weighted by Crippen LogP contribution is -2.69. The van der Waals surface area contributed by atoms with E-state index in [0.29, 0.717) is 27.7 Å². The lowest BCUT2D eigenvalue weighted by molar-refractivity contribution is -0.356. The van der Waals surface area contributed by atoms with Gasteiger partial charge in [0.25, 0.3) is 5.79 Å². The minimum absolute atomic E-state index is 0.00255. The molecule has 3 aromatic carbocycles. The van der Waals surface area contributed by atoms with Crippen LogP contribution in [0, 0.1) is 19.8 Å². The van der Waals surface area contributed by atoms with E-state index in [-0.39, 0.29) is 28.0 Å². The normalized spacial score (nSPS) is 21.5.